The largest absolute Gasteiger partial charge is 0.0894 e. The molecule has 4 aromatic carbocycles. The molecule has 0 fully saturated rings. The van der Waals surface area contributed by atoms with Crippen LogP contribution >= 0.6 is 11.8 Å². The van der Waals surface area contributed by atoms with Gasteiger partial charge in [-0.3, -0.25) is 0 Å². The zero-order chi connectivity index (χ0) is 22.0. The average molecular weight is 431 g/mol. The summed E-state index contributed by atoms with van der Waals surface area (Å²) in [6, 6.07) is 39.5. The van der Waals surface area contributed by atoms with E-state index >= 15 is 0 Å². The fourth-order valence-electron chi connectivity index (χ4n) is 4.28. The molecule has 4 aromatic rings. The minimum atomic E-state index is -0.344. The van der Waals surface area contributed by atoms with Gasteiger partial charge in [-0.15, -0.1) is 0 Å². The molecule has 5 rings (SSSR count). The van der Waals surface area contributed by atoms with Gasteiger partial charge in [-0.05, 0) is 36.1 Å². The van der Waals surface area contributed by atoms with Gasteiger partial charge < -0.3 is 0 Å². The van der Waals surface area contributed by atoms with Crippen molar-refractivity contribution in [2.24, 2.45) is 0 Å². The van der Waals surface area contributed by atoms with Gasteiger partial charge >= 0.3 is 0 Å². The van der Waals surface area contributed by atoms with Crippen LogP contribution in [0.3, 0.4) is 0 Å². The summed E-state index contributed by atoms with van der Waals surface area (Å²) in [4.78, 5) is 2.57. The van der Waals surface area contributed by atoms with E-state index in [1.54, 1.807) is 0 Å². The normalized spacial score (nSPS) is 15.1. The van der Waals surface area contributed by atoms with Crippen molar-refractivity contribution in [3.63, 3.8) is 0 Å². The number of rotatable bonds is 4. The van der Waals surface area contributed by atoms with Crippen molar-refractivity contribution in [1.29, 1.82) is 0 Å². The molecule has 0 radical (unpaired) electrons. The smallest absolute Gasteiger partial charge is 0.0590 e. The van der Waals surface area contributed by atoms with Crippen LogP contribution in [0.15, 0.2) is 121 Å². The van der Waals surface area contributed by atoms with E-state index in [0.29, 0.717) is 0 Å². The fraction of sp³-hybridized carbons (Fsp3) is 0.0968. The Hall–Kier alpha value is -3.29. The zero-order valence-electron chi connectivity index (χ0n) is 18.5. The maximum atomic E-state index is 2.45. The molecule has 0 saturated heterocycles. The van der Waals surface area contributed by atoms with Gasteiger partial charge in [0.05, 0.1) is 5.41 Å². The number of aryl methyl sites for hydroxylation is 2. The zero-order valence-corrected chi connectivity index (χ0v) is 19.3. The topological polar surface area (TPSA) is 0 Å². The molecule has 1 heterocycles. The lowest BCUT2D eigenvalue weighted by molar-refractivity contribution is 0.819. The summed E-state index contributed by atoms with van der Waals surface area (Å²) < 4.78 is 0. The molecule has 0 aliphatic carbocycles. The minimum Gasteiger partial charge on any atom is -0.0894 e. The first-order valence-corrected chi connectivity index (χ1v) is 11.8. The summed E-state index contributed by atoms with van der Waals surface area (Å²) in [6.45, 7) is 4.30. The summed E-state index contributed by atoms with van der Waals surface area (Å²) in [5, 5.41) is 0. The molecule has 0 aromatic heterocycles. The molecule has 1 aliphatic rings. The lowest BCUT2D eigenvalue weighted by Crippen LogP contribution is -2.25. The van der Waals surface area contributed by atoms with Crippen LogP contribution in [-0.4, -0.2) is 0 Å². The van der Waals surface area contributed by atoms with Crippen LogP contribution in [-0.2, 0) is 5.41 Å². The van der Waals surface area contributed by atoms with E-state index in [2.05, 4.69) is 135 Å². The Morgan fingerprint density at radius 1 is 0.469 bits per heavy atom. The lowest BCUT2D eigenvalue weighted by atomic mass is 9.72. The maximum absolute atomic E-state index is 2.45. The molecule has 0 bridgehead atoms. The third-order valence-corrected chi connectivity index (χ3v) is 7.26. The van der Waals surface area contributed by atoms with E-state index in [1.165, 1.54) is 43.2 Å². The quantitative estimate of drug-likeness (QED) is 0.313. The molecule has 32 heavy (non-hydrogen) atoms. The minimum absolute atomic E-state index is 0.344. The van der Waals surface area contributed by atoms with Crippen LogP contribution in [0.5, 0.6) is 0 Å². The van der Waals surface area contributed by atoms with Gasteiger partial charge in [0, 0.05) is 9.81 Å². The van der Waals surface area contributed by atoms with E-state index in [9.17, 15) is 0 Å². The highest BCUT2D eigenvalue weighted by Gasteiger charge is 2.35. The van der Waals surface area contributed by atoms with Crippen molar-refractivity contribution in [3.05, 3.63) is 155 Å². The van der Waals surface area contributed by atoms with Crippen molar-refractivity contribution in [1.82, 2.24) is 0 Å². The van der Waals surface area contributed by atoms with Crippen molar-refractivity contribution < 1.29 is 0 Å². The first-order chi connectivity index (χ1) is 15.6. The number of hydrogen-bond donors (Lipinski definition) is 0. The molecule has 0 spiro atoms. The number of benzene rings is 4. The third-order valence-electron chi connectivity index (χ3n) is 6.11. The number of allylic oxidation sites excluding steroid dienone is 2. The molecule has 156 valence electrons. The van der Waals surface area contributed by atoms with Crippen molar-refractivity contribution in [3.8, 4) is 0 Å². The lowest BCUT2D eigenvalue weighted by Gasteiger charge is -2.35. The Bertz CT molecular complexity index is 1160. The SMILES string of the molecule is Cc1ccc(C2(c3ccc(C)cc3)C=C(c3ccccc3)SC(c3ccccc3)=C2)cc1. The molecule has 0 atom stereocenters. The van der Waals surface area contributed by atoms with E-state index in [0.717, 1.165) is 0 Å². The van der Waals surface area contributed by atoms with Gasteiger partial charge in [0.15, 0.2) is 0 Å². The standard InChI is InChI=1S/C31H26S/c1-23-13-17-27(18-14-23)31(28-19-15-24(2)16-20-28)21-29(25-9-5-3-6-10-25)32-30(22-31)26-11-7-4-8-12-26/h3-22H,1-2H3. The van der Waals surface area contributed by atoms with Gasteiger partial charge in [-0.25, -0.2) is 0 Å². The Morgan fingerprint density at radius 3 is 1.22 bits per heavy atom. The second-order valence-corrected chi connectivity index (χ2v) is 9.54. The summed E-state index contributed by atoms with van der Waals surface area (Å²) in [5.74, 6) is 0. The van der Waals surface area contributed by atoms with E-state index in [4.69, 9.17) is 0 Å². The second kappa shape index (κ2) is 8.68. The van der Waals surface area contributed by atoms with Crippen LogP contribution in [0.25, 0.3) is 9.81 Å². The van der Waals surface area contributed by atoms with Crippen molar-refractivity contribution >= 4 is 21.6 Å². The first-order valence-electron chi connectivity index (χ1n) is 11.0. The Balaban J connectivity index is 1.80. The Morgan fingerprint density at radius 2 is 0.844 bits per heavy atom. The number of thioether (sulfide) groups is 1. The van der Waals surface area contributed by atoms with E-state index in [1.807, 2.05) is 11.8 Å². The summed E-state index contributed by atoms with van der Waals surface area (Å²) in [7, 11) is 0. The molecular formula is C31H26S. The molecule has 0 nitrogen and oxygen atoms in total. The molecule has 0 amide bonds. The average Bonchev–Trinajstić information content (AvgIpc) is 2.85. The highest BCUT2D eigenvalue weighted by Crippen LogP contribution is 2.51. The second-order valence-electron chi connectivity index (χ2n) is 8.45. The Labute approximate surface area is 195 Å². The number of hydrogen-bond acceptors (Lipinski definition) is 1. The van der Waals surface area contributed by atoms with Gasteiger partial charge in [-0.2, -0.15) is 0 Å². The van der Waals surface area contributed by atoms with Crippen LogP contribution < -0.4 is 0 Å². The highest BCUT2D eigenvalue weighted by atomic mass is 32.2. The molecule has 0 unspecified atom stereocenters. The van der Waals surface area contributed by atoms with Crippen LogP contribution in [0.2, 0.25) is 0 Å². The van der Waals surface area contributed by atoms with Crippen molar-refractivity contribution in [2.45, 2.75) is 19.3 Å². The predicted octanol–water partition coefficient (Wildman–Crippen LogP) is 8.42. The Kier molecular flexibility index (Phi) is 5.59. The summed E-state index contributed by atoms with van der Waals surface area (Å²) in [5.41, 5.74) is 7.28. The first kappa shape index (κ1) is 20.6. The van der Waals surface area contributed by atoms with Gasteiger partial charge in [0.2, 0.25) is 0 Å². The summed E-state index contributed by atoms with van der Waals surface area (Å²) >= 11 is 1.86. The maximum Gasteiger partial charge on any atom is 0.0590 e. The van der Waals surface area contributed by atoms with Crippen LogP contribution in [0, 0.1) is 13.8 Å². The van der Waals surface area contributed by atoms with Gasteiger partial charge in [0.1, 0.15) is 0 Å². The molecular weight excluding hydrogens is 404 g/mol. The van der Waals surface area contributed by atoms with Gasteiger partial charge in [0.25, 0.3) is 0 Å². The fourth-order valence-corrected chi connectivity index (χ4v) is 5.52. The van der Waals surface area contributed by atoms with E-state index in [-0.39, 0.29) is 5.41 Å². The molecule has 0 saturated carbocycles. The highest BCUT2D eigenvalue weighted by molar-refractivity contribution is 8.16. The van der Waals surface area contributed by atoms with Crippen LogP contribution in [0.4, 0.5) is 0 Å². The molecule has 1 aliphatic heterocycles. The monoisotopic (exact) mass is 430 g/mol. The van der Waals surface area contributed by atoms with Crippen LogP contribution in [0.1, 0.15) is 33.4 Å². The summed E-state index contributed by atoms with van der Waals surface area (Å²) in [6.07, 6.45) is 4.91. The van der Waals surface area contributed by atoms with Crippen molar-refractivity contribution in [2.75, 3.05) is 0 Å². The molecule has 1 heteroatoms. The predicted molar refractivity (Wildman–Crippen MR) is 140 cm³/mol. The van der Waals surface area contributed by atoms with E-state index < -0.39 is 0 Å². The molecule has 0 N–H and O–H groups in total. The third kappa shape index (κ3) is 3.97. The van der Waals surface area contributed by atoms with Gasteiger partial charge in [-0.1, -0.05) is 144 Å².